The maximum absolute atomic E-state index is 12.9. The van der Waals surface area contributed by atoms with Crippen LogP contribution in [-0.4, -0.2) is 33.7 Å². The Balaban J connectivity index is 2.03. The zero-order valence-electron chi connectivity index (χ0n) is 13.3. The van der Waals surface area contributed by atoms with Gasteiger partial charge in [0.25, 0.3) is 0 Å². The van der Waals surface area contributed by atoms with Gasteiger partial charge < -0.3 is 19.7 Å². The number of rotatable bonds is 6. The molecule has 0 spiro atoms. The number of benzene rings is 2. The molecule has 0 bridgehead atoms. The highest BCUT2D eigenvalue weighted by atomic mass is 19.1. The van der Waals surface area contributed by atoms with Crippen molar-refractivity contribution < 1.29 is 18.7 Å². The molecule has 5 nitrogen and oxygen atoms in total. The minimum Gasteiger partial charge on any atom is -0.497 e. The van der Waals surface area contributed by atoms with Crippen LogP contribution in [0.4, 0.5) is 15.8 Å². The quantitative estimate of drug-likeness (QED) is 0.890. The maximum Gasteiger partial charge on any atom is 0.243 e. The van der Waals surface area contributed by atoms with Gasteiger partial charge in [-0.15, -0.1) is 0 Å². The van der Waals surface area contributed by atoms with E-state index in [2.05, 4.69) is 5.32 Å². The van der Waals surface area contributed by atoms with Crippen LogP contribution in [0.15, 0.2) is 42.5 Å². The van der Waals surface area contributed by atoms with Crippen molar-refractivity contribution in [2.45, 2.75) is 0 Å². The number of nitrogens with zero attached hydrogens (tertiary/aromatic N) is 1. The van der Waals surface area contributed by atoms with E-state index in [4.69, 9.17) is 9.47 Å². The van der Waals surface area contributed by atoms with Crippen LogP contribution in [0.5, 0.6) is 11.5 Å². The molecule has 1 N–H and O–H groups in total. The number of carbonyl (C=O) groups excluding carboxylic acids is 1. The highest BCUT2D eigenvalue weighted by Crippen LogP contribution is 2.25. The summed E-state index contributed by atoms with van der Waals surface area (Å²) in [5.74, 6) is 0.667. The Labute approximate surface area is 134 Å². The van der Waals surface area contributed by atoms with Gasteiger partial charge in [-0.2, -0.15) is 0 Å². The number of hydrogen-bond acceptors (Lipinski definition) is 4. The standard InChI is InChI=1S/C17H19FN2O3/c1-20(14-6-4-12(18)5-7-14)11-17(21)19-13-8-15(22-2)10-16(9-13)23-3/h4-10H,11H2,1-3H3,(H,19,21). The molecule has 0 aromatic heterocycles. The van der Waals surface area contributed by atoms with Crippen LogP contribution in [0.3, 0.4) is 0 Å². The number of ether oxygens (including phenoxy) is 2. The minimum absolute atomic E-state index is 0.130. The average Bonchev–Trinajstić information content (AvgIpc) is 2.54. The number of likely N-dealkylation sites (N-methyl/N-ethyl adjacent to an activating group) is 1. The Hall–Kier alpha value is -2.76. The molecule has 2 aromatic carbocycles. The van der Waals surface area contributed by atoms with Gasteiger partial charge >= 0.3 is 0 Å². The molecule has 122 valence electrons. The first-order chi connectivity index (χ1) is 11.0. The second kappa shape index (κ2) is 7.49. The van der Waals surface area contributed by atoms with Gasteiger partial charge in [-0.1, -0.05) is 0 Å². The van der Waals surface area contributed by atoms with Crippen LogP contribution in [0.1, 0.15) is 0 Å². The fraction of sp³-hybridized carbons (Fsp3) is 0.235. The number of hydrogen-bond donors (Lipinski definition) is 1. The fourth-order valence-corrected chi connectivity index (χ4v) is 2.08. The molecular weight excluding hydrogens is 299 g/mol. The number of anilines is 2. The average molecular weight is 318 g/mol. The number of methoxy groups -OCH3 is 2. The van der Waals surface area contributed by atoms with Crippen LogP contribution in [0.25, 0.3) is 0 Å². The molecule has 2 rings (SSSR count). The molecule has 0 saturated heterocycles. The Morgan fingerprint density at radius 1 is 1.09 bits per heavy atom. The summed E-state index contributed by atoms with van der Waals surface area (Å²) in [6, 6.07) is 11.1. The molecule has 0 saturated carbocycles. The predicted octanol–water partition coefficient (Wildman–Crippen LogP) is 2.92. The van der Waals surface area contributed by atoms with E-state index in [1.165, 1.54) is 12.1 Å². The van der Waals surface area contributed by atoms with Gasteiger partial charge in [-0.3, -0.25) is 4.79 Å². The summed E-state index contributed by atoms with van der Waals surface area (Å²) < 4.78 is 23.2. The van der Waals surface area contributed by atoms with E-state index in [1.54, 1.807) is 56.5 Å². The normalized spacial score (nSPS) is 10.1. The molecule has 0 atom stereocenters. The summed E-state index contributed by atoms with van der Waals surface area (Å²) in [4.78, 5) is 13.9. The zero-order valence-corrected chi connectivity index (χ0v) is 13.3. The van der Waals surface area contributed by atoms with Gasteiger partial charge in [0.1, 0.15) is 17.3 Å². The number of carbonyl (C=O) groups is 1. The number of nitrogens with one attached hydrogen (secondary N) is 1. The van der Waals surface area contributed by atoms with Gasteiger partial charge in [-0.05, 0) is 24.3 Å². The molecule has 0 aliphatic heterocycles. The van der Waals surface area contributed by atoms with Crippen LogP contribution >= 0.6 is 0 Å². The van der Waals surface area contributed by atoms with Crippen molar-refractivity contribution in [1.29, 1.82) is 0 Å². The van der Waals surface area contributed by atoms with Crippen LogP contribution < -0.4 is 19.7 Å². The van der Waals surface area contributed by atoms with Crippen LogP contribution in [-0.2, 0) is 4.79 Å². The van der Waals surface area contributed by atoms with E-state index in [1.807, 2.05) is 0 Å². The third-order valence-electron chi connectivity index (χ3n) is 3.28. The van der Waals surface area contributed by atoms with Gasteiger partial charge in [0.15, 0.2) is 0 Å². The summed E-state index contributed by atoms with van der Waals surface area (Å²) in [5, 5.41) is 2.79. The van der Waals surface area contributed by atoms with Gasteiger partial charge in [-0.25, -0.2) is 4.39 Å². The second-order valence-electron chi connectivity index (χ2n) is 4.98. The van der Waals surface area contributed by atoms with Crippen molar-refractivity contribution in [2.75, 3.05) is 38.0 Å². The van der Waals surface area contributed by atoms with Crippen molar-refractivity contribution in [3.05, 3.63) is 48.3 Å². The fourth-order valence-electron chi connectivity index (χ4n) is 2.08. The summed E-state index contributed by atoms with van der Waals surface area (Å²) >= 11 is 0. The molecular formula is C17H19FN2O3. The lowest BCUT2D eigenvalue weighted by Crippen LogP contribution is -2.30. The van der Waals surface area contributed by atoms with Crippen LogP contribution in [0, 0.1) is 5.82 Å². The lowest BCUT2D eigenvalue weighted by molar-refractivity contribution is -0.114. The predicted molar refractivity (Wildman–Crippen MR) is 87.8 cm³/mol. The van der Waals surface area contributed by atoms with Gasteiger partial charge in [0, 0.05) is 36.6 Å². The molecule has 0 radical (unpaired) electrons. The molecule has 23 heavy (non-hydrogen) atoms. The lowest BCUT2D eigenvalue weighted by Gasteiger charge is -2.19. The Kier molecular flexibility index (Phi) is 5.41. The summed E-state index contributed by atoms with van der Waals surface area (Å²) in [5.41, 5.74) is 1.34. The first-order valence-corrected chi connectivity index (χ1v) is 7.01. The molecule has 0 heterocycles. The van der Waals surface area contributed by atoms with Crippen LogP contribution in [0.2, 0.25) is 0 Å². The molecule has 0 fully saturated rings. The molecule has 0 unspecified atom stereocenters. The number of amides is 1. The smallest absolute Gasteiger partial charge is 0.243 e. The number of halogens is 1. The van der Waals surface area contributed by atoms with E-state index in [9.17, 15) is 9.18 Å². The Morgan fingerprint density at radius 2 is 1.65 bits per heavy atom. The molecule has 0 aliphatic rings. The van der Waals surface area contributed by atoms with E-state index in [0.29, 0.717) is 17.2 Å². The van der Waals surface area contributed by atoms with Crippen molar-refractivity contribution in [2.24, 2.45) is 0 Å². The Morgan fingerprint density at radius 3 is 2.17 bits per heavy atom. The summed E-state index contributed by atoms with van der Waals surface area (Å²) in [6.45, 7) is 0.130. The SMILES string of the molecule is COc1cc(NC(=O)CN(C)c2ccc(F)cc2)cc(OC)c1. The highest BCUT2D eigenvalue weighted by Gasteiger charge is 2.10. The van der Waals surface area contributed by atoms with Crippen molar-refractivity contribution in [3.63, 3.8) is 0 Å². The second-order valence-corrected chi connectivity index (χ2v) is 4.98. The molecule has 6 heteroatoms. The van der Waals surface area contributed by atoms with Crippen molar-refractivity contribution in [3.8, 4) is 11.5 Å². The summed E-state index contributed by atoms with van der Waals surface area (Å²) in [7, 11) is 4.85. The highest BCUT2D eigenvalue weighted by molar-refractivity contribution is 5.94. The Bertz CT molecular complexity index is 652. The van der Waals surface area contributed by atoms with Gasteiger partial charge in [0.2, 0.25) is 5.91 Å². The third-order valence-corrected chi connectivity index (χ3v) is 3.28. The molecule has 1 amide bonds. The van der Waals surface area contributed by atoms with Crippen molar-refractivity contribution >= 4 is 17.3 Å². The maximum atomic E-state index is 12.9. The topological polar surface area (TPSA) is 50.8 Å². The first-order valence-electron chi connectivity index (χ1n) is 7.01. The van der Waals surface area contributed by atoms with E-state index >= 15 is 0 Å². The van der Waals surface area contributed by atoms with Gasteiger partial charge in [0.05, 0.1) is 20.8 Å². The minimum atomic E-state index is -0.310. The van der Waals surface area contributed by atoms with Crippen molar-refractivity contribution in [1.82, 2.24) is 0 Å². The molecule has 0 aliphatic carbocycles. The van der Waals surface area contributed by atoms with E-state index < -0.39 is 0 Å². The third kappa shape index (κ3) is 4.60. The first kappa shape index (κ1) is 16.6. The molecule has 2 aromatic rings. The lowest BCUT2D eigenvalue weighted by atomic mass is 10.2. The summed E-state index contributed by atoms with van der Waals surface area (Å²) in [6.07, 6.45) is 0. The van der Waals surface area contributed by atoms with E-state index in [0.717, 1.165) is 5.69 Å². The van der Waals surface area contributed by atoms with E-state index in [-0.39, 0.29) is 18.3 Å². The monoisotopic (exact) mass is 318 g/mol. The largest absolute Gasteiger partial charge is 0.497 e. The zero-order chi connectivity index (χ0) is 16.8.